The van der Waals surface area contributed by atoms with E-state index in [-0.39, 0.29) is 11.8 Å². The zero-order chi connectivity index (χ0) is 16.4. The number of benzene rings is 1. The summed E-state index contributed by atoms with van der Waals surface area (Å²) < 4.78 is 0. The van der Waals surface area contributed by atoms with Crippen LogP contribution in [-0.2, 0) is 4.79 Å². The molecule has 3 rings (SSSR count). The van der Waals surface area contributed by atoms with Crippen molar-refractivity contribution in [1.82, 2.24) is 0 Å². The Morgan fingerprint density at radius 3 is 2.78 bits per heavy atom. The standard InChI is InChI=1S/C17H23N3O2S/c1-23-7-4-11-8-16(21)19-14-10-15(20-5-2-3-6-20)13(17(18)22)9-12(11)14/h9-11H,2-8H2,1H3,(H2,18,22)(H,19,21)/t11-/m0/s1. The third-order valence-electron chi connectivity index (χ3n) is 4.70. The van der Waals surface area contributed by atoms with Crippen LogP contribution in [0.25, 0.3) is 0 Å². The fourth-order valence-electron chi connectivity index (χ4n) is 3.52. The van der Waals surface area contributed by atoms with E-state index in [1.54, 1.807) is 11.8 Å². The second-order valence-electron chi connectivity index (χ2n) is 6.25. The van der Waals surface area contributed by atoms with Crippen molar-refractivity contribution in [3.8, 4) is 0 Å². The van der Waals surface area contributed by atoms with E-state index >= 15 is 0 Å². The normalized spacial score (nSPS) is 20.3. The molecule has 2 aliphatic heterocycles. The van der Waals surface area contributed by atoms with Crippen molar-refractivity contribution >= 4 is 35.0 Å². The molecule has 1 aromatic rings. The number of primary amides is 1. The molecule has 1 saturated heterocycles. The van der Waals surface area contributed by atoms with E-state index in [2.05, 4.69) is 16.5 Å². The van der Waals surface area contributed by atoms with Crippen molar-refractivity contribution in [2.24, 2.45) is 5.73 Å². The minimum atomic E-state index is -0.393. The first-order valence-corrected chi connectivity index (χ1v) is 9.51. The first kappa shape index (κ1) is 16.2. The Labute approximate surface area is 141 Å². The summed E-state index contributed by atoms with van der Waals surface area (Å²) >= 11 is 1.77. The molecule has 2 aliphatic rings. The summed E-state index contributed by atoms with van der Waals surface area (Å²) in [7, 11) is 0. The largest absolute Gasteiger partial charge is 0.371 e. The molecule has 5 nitrogen and oxygen atoms in total. The second kappa shape index (κ2) is 6.83. The summed E-state index contributed by atoms with van der Waals surface area (Å²) in [6.07, 6.45) is 5.72. The highest BCUT2D eigenvalue weighted by Gasteiger charge is 2.28. The number of amides is 2. The van der Waals surface area contributed by atoms with Gasteiger partial charge in [-0.15, -0.1) is 0 Å². The molecule has 0 bridgehead atoms. The van der Waals surface area contributed by atoms with Crippen LogP contribution < -0.4 is 16.0 Å². The van der Waals surface area contributed by atoms with Crippen molar-refractivity contribution in [1.29, 1.82) is 0 Å². The van der Waals surface area contributed by atoms with Crippen LogP contribution in [0.2, 0.25) is 0 Å². The van der Waals surface area contributed by atoms with Crippen molar-refractivity contribution in [3.63, 3.8) is 0 Å². The second-order valence-corrected chi connectivity index (χ2v) is 7.23. The number of hydrogen-bond donors (Lipinski definition) is 2. The minimum absolute atomic E-state index is 0.0581. The molecular weight excluding hydrogens is 310 g/mol. The predicted molar refractivity (Wildman–Crippen MR) is 95.4 cm³/mol. The van der Waals surface area contributed by atoms with Gasteiger partial charge < -0.3 is 16.0 Å². The molecule has 0 saturated carbocycles. The van der Waals surface area contributed by atoms with E-state index in [9.17, 15) is 9.59 Å². The number of carbonyl (C=O) groups is 2. The molecule has 0 spiro atoms. The van der Waals surface area contributed by atoms with Gasteiger partial charge in [0.25, 0.3) is 5.91 Å². The first-order valence-electron chi connectivity index (χ1n) is 8.11. The Kier molecular flexibility index (Phi) is 4.80. The fourth-order valence-corrected chi connectivity index (χ4v) is 4.04. The van der Waals surface area contributed by atoms with Gasteiger partial charge in [-0.3, -0.25) is 9.59 Å². The van der Waals surface area contributed by atoms with Gasteiger partial charge in [-0.1, -0.05) is 0 Å². The summed E-state index contributed by atoms with van der Waals surface area (Å²) in [6, 6.07) is 3.86. The molecule has 0 aliphatic carbocycles. The molecule has 1 fully saturated rings. The molecule has 23 heavy (non-hydrogen) atoms. The lowest BCUT2D eigenvalue weighted by atomic mass is 9.86. The van der Waals surface area contributed by atoms with E-state index in [1.807, 2.05) is 12.1 Å². The highest BCUT2D eigenvalue weighted by molar-refractivity contribution is 7.98. The Hall–Kier alpha value is -1.69. The highest BCUT2D eigenvalue weighted by Crippen LogP contribution is 2.39. The van der Waals surface area contributed by atoms with Crippen LogP contribution in [0.3, 0.4) is 0 Å². The van der Waals surface area contributed by atoms with Crippen molar-refractivity contribution in [2.45, 2.75) is 31.6 Å². The van der Waals surface area contributed by atoms with Crippen LogP contribution in [0, 0.1) is 0 Å². The van der Waals surface area contributed by atoms with E-state index in [4.69, 9.17) is 5.73 Å². The van der Waals surface area contributed by atoms with Gasteiger partial charge >= 0.3 is 0 Å². The van der Waals surface area contributed by atoms with Crippen molar-refractivity contribution in [2.75, 3.05) is 35.3 Å². The smallest absolute Gasteiger partial charge is 0.250 e. The molecule has 1 aromatic carbocycles. The monoisotopic (exact) mass is 333 g/mol. The summed E-state index contributed by atoms with van der Waals surface area (Å²) in [5, 5.41) is 2.97. The Morgan fingerprint density at radius 2 is 2.13 bits per heavy atom. The SMILES string of the molecule is CSCC[C@H]1CC(=O)Nc2cc(N3CCCC3)c(C(N)=O)cc21. The number of nitrogens with one attached hydrogen (secondary N) is 1. The number of nitrogens with zero attached hydrogens (tertiary/aromatic N) is 1. The molecule has 2 amide bonds. The zero-order valence-electron chi connectivity index (χ0n) is 13.4. The van der Waals surface area contributed by atoms with Crippen LogP contribution in [0.15, 0.2) is 12.1 Å². The van der Waals surface area contributed by atoms with E-state index < -0.39 is 5.91 Å². The molecule has 6 heteroatoms. The number of carbonyl (C=O) groups excluding carboxylic acids is 2. The Morgan fingerprint density at radius 1 is 1.39 bits per heavy atom. The lowest BCUT2D eigenvalue weighted by molar-refractivity contribution is -0.116. The van der Waals surface area contributed by atoms with Crippen LogP contribution in [0.4, 0.5) is 11.4 Å². The summed E-state index contributed by atoms with van der Waals surface area (Å²) in [6.45, 7) is 1.87. The van der Waals surface area contributed by atoms with E-state index in [0.29, 0.717) is 12.0 Å². The van der Waals surface area contributed by atoms with Gasteiger partial charge in [0.2, 0.25) is 5.91 Å². The van der Waals surface area contributed by atoms with Crippen molar-refractivity contribution < 1.29 is 9.59 Å². The van der Waals surface area contributed by atoms with Gasteiger partial charge in [-0.2, -0.15) is 11.8 Å². The molecular formula is C17H23N3O2S. The van der Waals surface area contributed by atoms with Crippen molar-refractivity contribution in [3.05, 3.63) is 23.3 Å². The average molecular weight is 333 g/mol. The Bertz CT molecular complexity index is 627. The number of nitrogens with two attached hydrogens (primary N) is 1. The molecule has 3 N–H and O–H groups in total. The maximum absolute atomic E-state index is 12.0. The van der Waals surface area contributed by atoms with Gasteiger partial charge in [-0.05, 0) is 54.9 Å². The van der Waals surface area contributed by atoms with Gasteiger partial charge in [0.05, 0.1) is 11.3 Å². The quantitative estimate of drug-likeness (QED) is 0.868. The zero-order valence-corrected chi connectivity index (χ0v) is 14.2. The summed E-state index contributed by atoms with van der Waals surface area (Å²) in [5.74, 6) is 0.826. The van der Waals surface area contributed by atoms with Crippen LogP contribution in [0.5, 0.6) is 0 Å². The number of hydrogen-bond acceptors (Lipinski definition) is 4. The minimum Gasteiger partial charge on any atom is -0.371 e. The van der Waals surface area contributed by atoms with Gasteiger partial charge in [0.15, 0.2) is 0 Å². The van der Waals surface area contributed by atoms with E-state index in [0.717, 1.165) is 55.0 Å². The number of fused-ring (bicyclic) bond motifs is 1. The lowest BCUT2D eigenvalue weighted by Gasteiger charge is -2.29. The molecule has 0 unspecified atom stereocenters. The molecule has 0 radical (unpaired) electrons. The topological polar surface area (TPSA) is 75.4 Å². The summed E-state index contributed by atoms with van der Waals surface area (Å²) in [5.41, 5.74) is 8.97. The average Bonchev–Trinajstić information content (AvgIpc) is 3.05. The summed E-state index contributed by atoms with van der Waals surface area (Å²) in [4.78, 5) is 26.2. The van der Waals surface area contributed by atoms with Gasteiger partial charge in [0.1, 0.15) is 0 Å². The maximum Gasteiger partial charge on any atom is 0.250 e. The molecule has 1 atom stereocenters. The van der Waals surface area contributed by atoms with Gasteiger partial charge in [0, 0.05) is 25.2 Å². The molecule has 0 aromatic heterocycles. The third-order valence-corrected chi connectivity index (χ3v) is 5.34. The van der Waals surface area contributed by atoms with Crippen LogP contribution in [0.1, 0.15) is 47.5 Å². The van der Waals surface area contributed by atoms with Gasteiger partial charge in [-0.25, -0.2) is 0 Å². The van der Waals surface area contributed by atoms with E-state index in [1.165, 1.54) is 0 Å². The molecule has 124 valence electrons. The number of thioether (sulfide) groups is 1. The first-order chi connectivity index (χ1) is 11.1. The highest BCUT2D eigenvalue weighted by atomic mass is 32.2. The third kappa shape index (κ3) is 3.32. The van der Waals surface area contributed by atoms with Crippen LogP contribution >= 0.6 is 11.8 Å². The maximum atomic E-state index is 12.0. The Balaban J connectivity index is 2.03. The lowest BCUT2D eigenvalue weighted by Crippen LogP contribution is -2.27. The number of anilines is 2. The number of rotatable bonds is 5. The fraction of sp³-hybridized carbons (Fsp3) is 0.529. The molecule has 2 heterocycles. The predicted octanol–water partition coefficient (Wildman–Crippen LogP) is 2.56. The van der Waals surface area contributed by atoms with Crippen LogP contribution in [-0.4, -0.2) is 36.9 Å².